The molecule has 114 valence electrons. The summed E-state index contributed by atoms with van der Waals surface area (Å²) in [5, 5.41) is 18.4. The fourth-order valence-electron chi connectivity index (χ4n) is 1.34. The van der Waals surface area contributed by atoms with Crippen LogP contribution in [0.3, 0.4) is 0 Å². The standard InChI is InChI=1S/C12H20F2N4O2/c1-12(2,3)9(19)5-15-11(20)17-8-4-16-18(6-8)7-10(13)14/h4,6,9-10,19H,5,7H2,1-3H3,(H2,15,17,20). The third-order valence-corrected chi connectivity index (χ3v) is 2.67. The number of nitrogens with zero attached hydrogens (tertiary/aromatic N) is 2. The Kier molecular flexibility index (Phi) is 5.43. The molecule has 0 aliphatic heterocycles. The number of carbonyl (C=O) groups excluding carboxylic acids is 1. The Morgan fingerprint density at radius 1 is 1.50 bits per heavy atom. The van der Waals surface area contributed by atoms with Gasteiger partial charge in [-0.25, -0.2) is 13.6 Å². The lowest BCUT2D eigenvalue weighted by Crippen LogP contribution is -2.40. The maximum absolute atomic E-state index is 12.1. The van der Waals surface area contributed by atoms with Gasteiger partial charge in [0.15, 0.2) is 0 Å². The van der Waals surface area contributed by atoms with Gasteiger partial charge in [0, 0.05) is 12.7 Å². The first-order valence-electron chi connectivity index (χ1n) is 6.22. The number of hydrogen-bond donors (Lipinski definition) is 3. The number of rotatable bonds is 5. The highest BCUT2D eigenvalue weighted by Crippen LogP contribution is 2.18. The number of aromatic nitrogens is 2. The van der Waals surface area contributed by atoms with E-state index in [4.69, 9.17) is 0 Å². The summed E-state index contributed by atoms with van der Waals surface area (Å²) in [6.45, 7) is 5.13. The van der Waals surface area contributed by atoms with Crippen LogP contribution in [0.1, 0.15) is 20.8 Å². The van der Waals surface area contributed by atoms with Gasteiger partial charge < -0.3 is 15.7 Å². The third-order valence-electron chi connectivity index (χ3n) is 2.67. The summed E-state index contributed by atoms with van der Waals surface area (Å²) in [4.78, 5) is 11.6. The SMILES string of the molecule is CC(C)(C)C(O)CNC(=O)Nc1cnn(CC(F)F)c1. The molecule has 20 heavy (non-hydrogen) atoms. The Hall–Kier alpha value is -1.70. The molecule has 0 saturated carbocycles. The summed E-state index contributed by atoms with van der Waals surface area (Å²) in [7, 11) is 0. The first-order valence-corrected chi connectivity index (χ1v) is 6.22. The highest BCUT2D eigenvalue weighted by atomic mass is 19.3. The molecule has 1 heterocycles. The van der Waals surface area contributed by atoms with Crippen LogP contribution in [0.25, 0.3) is 0 Å². The zero-order valence-corrected chi connectivity index (χ0v) is 11.7. The largest absolute Gasteiger partial charge is 0.391 e. The second kappa shape index (κ2) is 6.65. The molecule has 3 N–H and O–H groups in total. The van der Waals surface area contributed by atoms with Crippen molar-refractivity contribution in [1.82, 2.24) is 15.1 Å². The van der Waals surface area contributed by atoms with E-state index < -0.39 is 25.1 Å². The van der Waals surface area contributed by atoms with Gasteiger partial charge in [-0.15, -0.1) is 0 Å². The topological polar surface area (TPSA) is 79.2 Å². The molecular weight excluding hydrogens is 270 g/mol. The van der Waals surface area contributed by atoms with E-state index >= 15 is 0 Å². The first-order chi connectivity index (χ1) is 9.18. The minimum Gasteiger partial charge on any atom is -0.391 e. The monoisotopic (exact) mass is 290 g/mol. The minimum absolute atomic E-state index is 0.0977. The van der Waals surface area contributed by atoms with Gasteiger partial charge in [0.2, 0.25) is 0 Å². The normalized spacial score (nSPS) is 13.3. The van der Waals surface area contributed by atoms with E-state index in [2.05, 4.69) is 15.7 Å². The minimum atomic E-state index is -2.50. The molecule has 0 spiro atoms. The Bertz CT molecular complexity index is 443. The van der Waals surface area contributed by atoms with Crippen LogP contribution in [-0.4, -0.2) is 40.0 Å². The van der Waals surface area contributed by atoms with Crippen LogP contribution >= 0.6 is 0 Å². The molecule has 1 unspecified atom stereocenters. The van der Waals surface area contributed by atoms with Gasteiger partial charge in [0.1, 0.15) is 6.54 Å². The quantitative estimate of drug-likeness (QED) is 0.772. The summed E-state index contributed by atoms with van der Waals surface area (Å²) < 4.78 is 25.3. The van der Waals surface area contributed by atoms with Crippen LogP contribution in [0.2, 0.25) is 0 Å². The molecule has 0 aromatic carbocycles. The van der Waals surface area contributed by atoms with Gasteiger partial charge in [-0.3, -0.25) is 4.68 Å². The number of urea groups is 1. The molecule has 8 heteroatoms. The number of aliphatic hydroxyl groups excluding tert-OH is 1. The maximum Gasteiger partial charge on any atom is 0.319 e. The Balaban J connectivity index is 2.41. The maximum atomic E-state index is 12.1. The van der Waals surface area contributed by atoms with E-state index in [-0.39, 0.29) is 12.0 Å². The van der Waals surface area contributed by atoms with E-state index in [0.29, 0.717) is 5.69 Å². The van der Waals surface area contributed by atoms with Gasteiger partial charge in [-0.2, -0.15) is 5.10 Å². The van der Waals surface area contributed by atoms with Gasteiger partial charge in [-0.1, -0.05) is 20.8 Å². The van der Waals surface area contributed by atoms with Crippen LogP contribution in [0.5, 0.6) is 0 Å². The van der Waals surface area contributed by atoms with E-state index in [1.165, 1.54) is 12.4 Å². The third kappa shape index (κ3) is 5.52. The van der Waals surface area contributed by atoms with Crippen molar-refractivity contribution in [1.29, 1.82) is 0 Å². The summed E-state index contributed by atoms with van der Waals surface area (Å²) in [6, 6.07) is -0.523. The lowest BCUT2D eigenvalue weighted by atomic mass is 9.89. The zero-order valence-electron chi connectivity index (χ0n) is 11.7. The Morgan fingerprint density at radius 2 is 2.15 bits per heavy atom. The summed E-state index contributed by atoms with van der Waals surface area (Å²) >= 11 is 0. The van der Waals surface area contributed by atoms with E-state index in [0.717, 1.165) is 4.68 Å². The highest BCUT2D eigenvalue weighted by Gasteiger charge is 2.22. The first kappa shape index (κ1) is 16.4. The zero-order chi connectivity index (χ0) is 15.3. The van der Waals surface area contributed by atoms with Crippen LogP contribution in [0.4, 0.5) is 19.3 Å². The van der Waals surface area contributed by atoms with Crippen LogP contribution in [-0.2, 0) is 6.54 Å². The molecule has 1 rings (SSSR count). The molecule has 1 atom stereocenters. The lowest BCUT2D eigenvalue weighted by molar-refractivity contribution is 0.0654. The molecule has 0 aliphatic carbocycles. The predicted octanol–water partition coefficient (Wildman–Crippen LogP) is 1.68. The second-order valence-electron chi connectivity index (χ2n) is 5.56. The molecule has 1 aromatic heterocycles. The Labute approximate surface area is 116 Å². The van der Waals surface area contributed by atoms with E-state index in [1.54, 1.807) is 0 Å². The fraction of sp³-hybridized carbons (Fsp3) is 0.667. The fourth-order valence-corrected chi connectivity index (χ4v) is 1.34. The van der Waals surface area contributed by atoms with E-state index in [9.17, 15) is 18.7 Å². The molecular formula is C12H20F2N4O2. The molecule has 0 fully saturated rings. The number of alkyl halides is 2. The van der Waals surface area contributed by atoms with Crippen molar-refractivity contribution in [3.63, 3.8) is 0 Å². The highest BCUT2D eigenvalue weighted by molar-refractivity contribution is 5.88. The van der Waals surface area contributed by atoms with Crippen LogP contribution < -0.4 is 10.6 Å². The smallest absolute Gasteiger partial charge is 0.319 e. The molecule has 1 aromatic rings. The number of carbonyl (C=O) groups is 1. The molecule has 0 bridgehead atoms. The molecule has 6 nitrogen and oxygen atoms in total. The van der Waals surface area contributed by atoms with Crippen LogP contribution in [0, 0.1) is 5.41 Å². The average molecular weight is 290 g/mol. The number of nitrogens with one attached hydrogen (secondary N) is 2. The summed E-state index contributed by atoms with van der Waals surface area (Å²) in [5.74, 6) is 0. The van der Waals surface area contributed by atoms with Gasteiger partial charge in [0.25, 0.3) is 6.43 Å². The number of hydrogen-bond acceptors (Lipinski definition) is 3. The van der Waals surface area contributed by atoms with Crippen molar-refractivity contribution in [2.75, 3.05) is 11.9 Å². The van der Waals surface area contributed by atoms with Crippen molar-refractivity contribution >= 4 is 11.7 Å². The van der Waals surface area contributed by atoms with E-state index in [1.807, 2.05) is 20.8 Å². The average Bonchev–Trinajstić information content (AvgIpc) is 2.71. The van der Waals surface area contributed by atoms with Crippen LogP contribution in [0.15, 0.2) is 12.4 Å². The lowest BCUT2D eigenvalue weighted by Gasteiger charge is -2.25. The molecule has 0 radical (unpaired) electrons. The summed E-state index contributed by atoms with van der Waals surface area (Å²) in [5.41, 5.74) is -0.0245. The van der Waals surface area contributed by atoms with Crippen molar-refractivity contribution in [2.45, 2.75) is 39.8 Å². The number of aliphatic hydroxyl groups is 1. The second-order valence-corrected chi connectivity index (χ2v) is 5.56. The molecule has 0 saturated heterocycles. The van der Waals surface area contributed by atoms with Gasteiger partial charge in [0.05, 0.1) is 18.0 Å². The number of halogens is 2. The number of amides is 2. The Morgan fingerprint density at radius 3 is 2.70 bits per heavy atom. The van der Waals surface area contributed by atoms with Crippen molar-refractivity contribution in [2.24, 2.45) is 5.41 Å². The van der Waals surface area contributed by atoms with Gasteiger partial charge >= 0.3 is 6.03 Å². The predicted molar refractivity (Wildman–Crippen MR) is 70.7 cm³/mol. The number of anilines is 1. The molecule has 2 amide bonds. The van der Waals surface area contributed by atoms with Gasteiger partial charge in [-0.05, 0) is 5.41 Å². The van der Waals surface area contributed by atoms with Crippen molar-refractivity contribution in [3.05, 3.63) is 12.4 Å². The summed E-state index contributed by atoms with van der Waals surface area (Å²) in [6.07, 6.45) is -0.595. The van der Waals surface area contributed by atoms with Crippen molar-refractivity contribution in [3.8, 4) is 0 Å². The molecule has 0 aliphatic rings. The van der Waals surface area contributed by atoms with Crippen molar-refractivity contribution < 1.29 is 18.7 Å².